The van der Waals surface area contributed by atoms with E-state index in [-0.39, 0.29) is 24.5 Å². The molecule has 12 bridgehead atoms. The van der Waals surface area contributed by atoms with Crippen LogP contribution in [0.3, 0.4) is 0 Å². The third-order valence-corrected chi connectivity index (χ3v) is 22.0. The van der Waals surface area contributed by atoms with Gasteiger partial charge >= 0.3 is 0 Å². The minimum atomic E-state index is -0.527. The summed E-state index contributed by atoms with van der Waals surface area (Å²) in [6.45, 7) is 12.1. The van der Waals surface area contributed by atoms with Gasteiger partial charge in [-0.1, -0.05) is 21.3 Å². The molecule has 0 aromatic rings. The molecule has 6 unspecified atom stereocenters. The molecule has 0 spiro atoms. The van der Waals surface area contributed by atoms with Crippen LogP contribution in [0, 0.1) is 58.7 Å². The van der Waals surface area contributed by atoms with E-state index in [9.17, 15) is 0 Å². The minimum absolute atomic E-state index is 0.00463. The molecule has 0 radical (unpaired) electrons. The first-order valence-corrected chi connectivity index (χ1v) is 21.7. The number of hydrogen-bond acceptors (Lipinski definition) is 3. The lowest BCUT2D eigenvalue weighted by Gasteiger charge is -2.76. The highest BCUT2D eigenvalue weighted by Gasteiger charge is 2.80. The van der Waals surface area contributed by atoms with E-state index in [1.165, 1.54) is 12.8 Å². The molecule has 8 atom stereocenters. The molecule has 0 aromatic carbocycles. The molecule has 13 aliphatic rings. The monoisotopic (exact) mass is 640 g/mol. The molecule has 13 rings (SSSR count). The first-order chi connectivity index (χ1) is 20.8. The Morgan fingerprint density at radius 2 is 1.02 bits per heavy atom. The van der Waals surface area contributed by atoms with Gasteiger partial charge in [0, 0.05) is 18.3 Å². The molecule has 246 valence electrons. The maximum atomic E-state index is 7.24. The topological polar surface area (TPSA) is 27.7 Å². The highest BCUT2D eigenvalue weighted by atomic mass is 31.1. The van der Waals surface area contributed by atoms with Gasteiger partial charge in [-0.05, 0) is 187 Å². The molecule has 5 heteroatoms. The lowest BCUT2D eigenvalue weighted by Crippen LogP contribution is -2.84. The van der Waals surface area contributed by atoms with Crippen LogP contribution in [0.25, 0.3) is 0 Å². The van der Waals surface area contributed by atoms with Gasteiger partial charge in [-0.15, -0.1) is 9.24 Å². The standard InChI is InChI=1S/C39H62O3P2/c1-24-6-7-31(32(24)39(23-43)33(2)21-35(4)41-34(39,3)22-36(5,40-33)42-35)20-44(37-14-25-8-26(15-37)10-27(9-25)16-37)38-17-28-11-29(18-38)13-30(12-28)19-38/h24-32H,6-23,43H2,1-5H3/t24?,25?,26?,27?,28?,29?,30?,31-,32-,33?,34?,35?,36?,37?,38?,39?,44?/m1/s1. The maximum absolute atomic E-state index is 7.24. The summed E-state index contributed by atoms with van der Waals surface area (Å²) in [5.74, 6) is 7.62. The fourth-order valence-corrected chi connectivity index (χ4v) is 24.2. The molecule has 0 N–H and O–H groups in total. The van der Waals surface area contributed by atoms with Crippen molar-refractivity contribution in [3.05, 3.63) is 0 Å². The van der Waals surface area contributed by atoms with E-state index in [4.69, 9.17) is 14.2 Å². The molecular weight excluding hydrogens is 578 g/mol. The summed E-state index contributed by atoms with van der Waals surface area (Å²) in [5.41, 5.74) is -0.418. The SMILES string of the molecule is CC1CC[C@H](CP(C23CC4CC(CC(C4)C2)C3)C23CC4CC(CC(C4)C2)C3)[C@@H]1C1(CP)C2(C)CC3(C)OC(C)(CC1(C)O3)O2. The van der Waals surface area contributed by atoms with Crippen LogP contribution in [-0.2, 0) is 14.2 Å². The highest BCUT2D eigenvalue weighted by Crippen LogP contribution is 2.81. The zero-order valence-corrected chi connectivity index (χ0v) is 30.7. The molecule has 44 heavy (non-hydrogen) atoms. The van der Waals surface area contributed by atoms with Crippen LogP contribution in [0.15, 0.2) is 0 Å². The van der Waals surface area contributed by atoms with Crippen molar-refractivity contribution in [2.45, 2.75) is 170 Å². The maximum Gasteiger partial charge on any atom is 0.172 e. The van der Waals surface area contributed by atoms with Gasteiger partial charge in [0.15, 0.2) is 11.6 Å². The Morgan fingerprint density at radius 3 is 1.41 bits per heavy atom. The third-order valence-electron chi connectivity index (χ3n) is 17.1. The quantitative estimate of drug-likeness (QED) is 0.271. The summed E-state index contributed by atoms with van der Waals surface area (Å²) >= 11 is 0. The molecule has 3 nitrogen and oxygen atoms in total. The fraction of sp³-hybridized carbons (Fsp3) is 1.00. The average molecular weight is 641 g/mol. The summed E-state index contributed by atoms with van der Waals surface area (Å²) in [6.07, 6.45) is 26.6. The van der Waals surface area contributed by atoms with E-state index in [1.54, 1.807) is 83.2 Å². The largest absolute Gasteiger partial charge is 0.343 e. The zero-order chi connectivity index (χ0) is 30.1. The van der Waals surface area contributed by atoms with Gasteiger partial charge in [0.2, 0.25) is 0 Å². The third kappa shape index (κ3) is 3.76. The van der Waals surface area contributed by atoms with Crippen LogP contribution in [0.4, 0.5) is 0 Å². The van der Waals surface area contributed by atoms with Crippen molar-refractivity contribution in [2.24, 2.45) is 58.7 Å². The van der Waals surface area contributed by atoms with Crippen LogP contribution >= 0.6 is 17.2 Å². The van der Waals surface area contributed by atoms with Crippen molar-refractivity contribution < 1.29 is 14.2 Å². The summed E-state index contributed by atoms with van der Waals surface area (Å²) < 4.78 is 21.1. The van der Waals surface area contributed by atoms with Crippen molar-refractivity contribution in [1.29, 1.82) is 0 Å². The van der Waals surface area contributed by atoms with Gasteiger partial charge in [0.25, 0.3) is 0 Å². The molecule has 9 saturated carbocycles. The second kappa shape index (κ2) is 9.09. The predicted octanol–water partition coefficient (Wildman–Crippen LogP) is 9.75. The van der Waals surface area contributed by atoms with E-state index in [2.05, 4.69) is 43.9 Å². The van der Waals surface area contributed by atoms with Crippen molar-refractivity contribution in [1.82, 2.24) is 0 Å². The Labute approximate surface area is 272 Å². The molecule has 9 aliphatic carbocycles. The van der Waals surface area contributed by atoms with Gasteiger partial charge in [-0.2, -0.15) is 0 Å². The van der Waals surface area contributed by atoms with Crippen molar-refractivity contribution in [2.75, 3.05) is 12.3 Å². The van der Waals surface area contributed by atoms with E-state index >= 15 is 0 Å². The Morgan fingerprint density at radius 1 is 0.614 bits per heavy atom. The lowest BCUT2D eigenvalue weighted by molar-refractivity contribution is -0.549. The molecule has 0 amide bonds. The van der Waals surface area contributed by atoms with E-state index in [0.717, 1.165) is 76.7 Å². The number of ether oxygens (including phenoxy) is 3. The zero-order valence-electron chi connectivity index (χ0n) is 28.7. The van der Waals surface area contributed by atoms with Crippen LogP contribution in [0.2, 0.25) is 0 Å². The summed E-state index contributed by atoms with van der Waals surface area (Å²) in [7, 11) is 3.30. The van der Waals surface area contributed by atoms with E-state index < -0.39 is 11.6 Å². The Balaban J connectivity index is 1.07. The first kappa shape index (κ1) is 29.6. The number of rotatable bonds is 6. The summed E-state index contributed by atoms with van der Waals surface area (Å²) in [5, 5.41) is 1.44. The predicted molar refractivity (Wildman–Crippen MR) is 182 cm³/mol. The van der Waals surface area contributed by atoms with E-state index in [1.807, 2.05) is 0 Å². The van der Waals surface area contributed by atoms with Crippen molar-refractivity contribution in [3.63, 3.8) is 0 Å². The highest BCUT2D eigenvalue weighted by molar-refractivity contribution is 7.61. The minimum Gasteiger partial charge on any atom is -0.343 e. The van der Waals surface area contributed by atoms with Crippen LogP contribution in [0.5, 0.6) is 0 Å². The van der Waals surface area contributed by atoms with Crippen LogP contribution in [-0.4, -0.2) is 45.4 Å². The fourth-order valence-electron chi connectivity index (χ4n) is 17.5. The molecule has 4 heterocycles. The van der Waals surface area contributed by atoms with Gasteiger partial charge in [-0.3, -0.25) is 0 Å². The second-order valence-electron chi connectivity index (χ2n) is 20.3. The average Bonchev–Trinajstić information content (AvgIpc) is 3.23. The van der Waals surface area contributed by atoms with Gasteiger partial charge in [0.05, 0.1) is 11.2 Å². The van der Waals surface area contributed by atoms with Crippen LogP contribution in [0.1, 0.15) is 137 Å². The van der Waals surface area contributed by atoms with Gasteiger partial charge < -0.3 is 14.2 Å². The van der Waals surface area contributed by atoms with Crippen LogP contribution < -0.4 is 0 Å². The van der Waals surface area contributed by atoms with Gasteiger partial charge in [0.1, 0.15) is 0 Å². The second-order valence-corrected chi connectivity index (χ2v) is 23.8. The van der Waals surface area contributed by atoms with Gasteiger partial charge in [-0.25, -0.2) is 0 Å². The Bertz CT molecular complexity index is 1070. The summed E-state index contributed by atoms with van der Waals surface area (Å²) in [4.78, 5) is 0. The van der Waals surface area contributed by atoms with Crippen molar-refractivity contribution >= 4 is 17.2 Å². The molecule has 0 aromatic heterocycles. The molecule has 13 fully saturated rings. The molecular formula is C39H62O3P2. The molecule has 4 saturated heterocycles. The Kier molecular flexibility index (Phi) is 6.12. The normalized spacial score (nSPS) is 65.2. The number of hydrogen-bond donors (Lipinski definition) is 0. The Hall–Kier alpha value is 0.740. The first-order valence-electron chi connectivity index (χ1n) is 19.4. The summed E-state index contributed by atoms with van der Waals surface area (Å²) in [6, 6.07) is 0. The smallest absolute Gasteiger partial charge is 0.172 e. The lowest BCUT2D eigenvalue weighted by atomic mass is 9.47. The molecule has 4 aliphatic heterocycles. The van der Waals surface area contributed by atoms with E-state index in [0.29, 0.717) is 5.92 Å². The van der Waals surface area contributed by atoms with Crippen molar-refractivity contribution in [3.8, 4) is 0 Å².